The molecule has 0 saturated heterocycles. The summed E-state index contributed by atoms with van der Waals surface area (Å²) in [5.41, 5.74) is 3.39. The summed E-state index contributed by atoms with van der Waals surface area (Å²) < 4.78 is 5.81. The fourth-order valence-electron chi connectivity index (χ4n) is 2.30. The molecule has 0 radical (unpaired) electrons. The molecule has 2 aromatic carbocycles. The standard InChI is InChI=1S/C20H18N2O2/c1-15-8-5-6-11-17(15)14-24-20-18(12-7-13-21-20)22-19(23)16-9-3-2-4-10-16/h2-13H,14H2,1H3,(H,22,23). The third-order valence-electron chi connectivity index (χ3n) is 3.68. The van der Waals surface area contributed by atoms with Gasteiger partial charge in [0.05, 0.1) is 0 Å². The van der Waals surface area contributed by atoms with Crippen molar-refractivity contribution >= 4 is 11.6 Å². The SMILES string of the molecule is Cc1ccccc1COc1ncccc1NC(=O)c1ccccc1. The maximum Gasteiger partial charge on any atom is 0.255 e. The Morgan fingerprint density at radius 3 is 2.54 bits per heavy atom. The summed E-state index contributed by atoms with van der Waals surface area (Å²) in [5, 5.41) is 2.85. The van der Waals surface area contributed by atoms with Gasteiger partial charge in [0.1, 0.15) is 12.3 Å². The van der Waals surface area contributed by atoms with Crippen LogP contribution in [0.1, 0.15) is 21.5 Å². The summed E-state index contributed by atoms with van der Waals surface area (Å²) in [6.45, 7) is 2.44. The first kappa shape index (κ1) is 15.7. The minimum atomic E-state index is -0.190. The Kier molecular flexibility index (Phi) is 4.87. The van der Waals surface area contributed by atoms with Gasteiger partial charge in [0.25, 0.3) is 5.91 Å². The zero-order valence-corrected chi connectivity index (χ0v) is 13.4. The second kappa shape index (κ2) is 7.42. The van der Waals surface area contributed by atoms with Crippen LogP contribution in [0.4, 0.5) is 5.69 Å². The number of hydrogen-bond donors (Lipinski definition) is 1. The van der Waals surface area contributed by atoms with Gasteiger partial charge in [-0.15, -0.1) is 0 Å². The first-order chi connectivity index (χ1) is 11.7. The molecule has 1 N–H and O–H groups in total. The first-order valence-electron chi connectivity index (χ1n) is 7.73. The van der Waals surface area contributed by atoms with Crippen LogP contribution in [0.15, 0.2) is 72.9 Å². The Morgan fingerprint density at radius 2 is 1.75 bits per heavy atom. The fraction of sp³-hybridized carbons (Fsp3) is 0.100. The Bertz CT molecular complexity index is 832. The average Bonchev–Trinajstić information content (AvgIpc) is 2.63. The topological polar surface area (TPSA) is 51.2 Å². The Labute approximate surface area is 141 Å². The maximum atomic E-state index is 12.3. The van der Waals surface area contributed by atoms with Crippen molar-refractivity contribution in [3.05, 3.63) is 89.6 Å². The van der Waals surface area contributed by atoms with Crippen LogP contribution in [0.2, 0.25) is 0 Å². The van der Waals surface area contributed by atoms with Crippen LogP contribution in [0.3, 0.4) is 0 Å². The molecular formula is C20H18N2O2. The summed E-state index contributed by atoms with van der Waals surface area (Å²) in [4.78, 5) is 16.5. The number of pyridine rings is 1. The van der Waals surface area contributed by atoms with E-state index in [4.69, 9.17) is 4.74 Å². The van der Waals surface area contributed by atoms with Gasteiger partial charge in [-0.25, -0.2) is 4.98 Å². The van der Waals surface area contributed by atoms with E-state index in [1.165, 1.54) is 0 Å². The predicted octanol–water partition coefficient (Wildman–Crippen LogP) is 4.22. The molecule has 0 unspecified atom stereocenters. The number of hydrogen-bond acceptors (Lipinski definition) is 3. The molecule has 0 atom stereocenters. The Morgan fingerprint density at radius 1 is 1.00 bits per heavy atom. The lowest BCUT2D eigenvalue weighted by molar-refractivity contribution is 0.102. The minimum Gasteiger partial charge on any atom is -0.471 e. The predicted molar refractivity (Wildman–Crippen MR) is 94.1 cm³/mol. The van der Waals surface area contributed by atoms with Gasteiger partial charge in [0.15, 0.2) is 0 Å². The second-order valence-electron chi connectivity index (χ2n) is 5.39. The number of aryl methyl sites for hydroxylation is 1. The number of aromatic nitrogens is 1. The Balaban J connectivity index is 1.74. The lowest BCUT2D eigenvalue weighted by Gasteiger charge is -2.12. The van der Waals surface area contributed by atoms with Crippen molar-refractivity contribution in [2.24, 2.45) is 0 Å². The lowest BCUT2D eigenvalue weighted by Crippen LogP contribution is -2.13. The van der Waals surface area contributed by atoms with Gasteiger partial charge in [0.2, 0.25) is 5.88 Å². The van der Waals surface area contributed by atoms with Crippen molar-refractivity contribution in [1.82, 2.24) is 4.98 Å². The zero-order valence-electron chi connectivity index (χ0n) is 13.4. The van der Waals surface area contributed by atoms with Crippen molar-refractivity contribution in [1.29, 1.82) is 0 Å². The van der Waals surface area contributed by atoms with Crippen LogP contribution < -0.4 is 10.1 Å². The molecule has 3 rings (SSSR count). The molecule has 0 aliphatic carbocycles. The quantitative estimate of drug-likeness (QED) is 0.766. The van der Waals surface area contributed by atoms with Gasteiger partial charge in [-0.3, -0.25) is 4.79 Å². The van der Waals surface area contributed by atoms with Crippen LogP contribution in [0.5, 0.6) is 5.88 Å². The van der Waals surface area contributed by atoms with E-state index >= 15 is 0 Å². The molecule has 4 nitrogen and oxygen atoms in total. The minimum absolute atomic E-state index is 0.190. The molecule has 1 amide bonds. The number of nitrogens with zero attached hydrogens (tertiary/aromatic N) is 1. The van der Waals surface area contributed by atoms with Crippen LogP contribution in [-0.4, -0.2) is 10.9 Å². The molecule has 3 aromatic rings. The number of ether oxygens (including phenoxy) is 1. The summed E-state index contributed by atoms with van der Waals surface area (Å²) in [5.74, 6) is 0.217. The highest BCUT2D eigenvalue weighted by Gasteiger charge is 2.11. The smallest absolute Gasteiger partial charge is 0.255 e. The molecule has 24 heavy (non-hydrogen) atoms. The van der Waals surface area contributed by atoms with Crippen LogP contribution >= 0.6 is 0 Å². The van der Waals surface area contributed by atoms with E-state index < -0.39 is 0 Å². The van der Waals surface area contributed by atoms with E-state index in [1.54, 1.807) is 30.5 Å². The molecule has 0 bridgehead atoms. The molecule has 0 saturated carbocycles. The van der Waals surface area contributed by atoms with Crippen molar-refractivity contribution in [3.63, 3.8) is 0 Å². The van der Waals surface area contributed by atoms with E-state index in [0.717, 1.165) is 11.1 Å². The highest BCUT2D eigenvalue weighted by molar-refractivity contribution is 6.04. The maximum absolute atomic E-state index is 12.3. The van der Waals surface area contributed by atoms with Gasteiger partial charge in [-0.05, 0) is 42.3 Å². The highest BCUT2D eigenvalue weighted by Crippen LogP contribution is 2.23. The molecule has 0 fully saturated rings. The van der Waals surface area contributed by atoms with Crippen molar-refractivity contribution in [2.45, 2.75) is 13.5 Å². The fourth-order valence-corrected chi connectivity index (χ4v) is 2.30. The first-order valence-corrected chi connectivity index (χ1v) is 7.73. The van der Waals surface area contributed by atoms with Crippen LogP contribution in [0.25, 0.3) is 0 Å². The highest BCUT2D eigenvalue weighted by atomic mass is 16.5. The van der Waals surface area contributed by atoms with Crippen LogP contribution in [-0.2, 0) is 6.61 Å². The van der Waals surface area contributed by atoms with E-state index in [0.29, 0.717) is 23.7 Å². The van der Waals surface area contributed by atoms with Gasteiger partial charge in [-0.2, -0.15) is 0 Å². The van der Waals surface area contributed by atoms with Crippen molar-refractivity contribution in [3.8, 4) is 5.88 Å². The van der Waals surface area contributed by atoms with Crippen molar-refractivity contribution < 1.29 is 9.53 Å². The summed E-state index contributed by atoms with van der Waals surface area (Å²) in [6.07, 6.45) is 1.64. The normalized spacial score (nSPS) is 10.2. The summed E-state index contributed by atoms with van der Waals surface area (Å²) in [7, 11) is 0. The average molecular weight is 318 g/mol. The van der Waals surface area contributed by atoms with Crippen LogP contribution in [0, 0.1) is 6.92 Å². The zero-order chi connectivity index (χ0) is 16.8. The van der Waals surface area contributed by atoms with E-state index in [2.05, 4.69) is 10.3 Å². The monoisotopic (exact) mass is 318 g/mol. The third-order valence-corrected chi connectivity index (χ3v) is 3.68. The lowest BCUT2D eigenvalue weighted by atomic mass is 10.1. The third kappa shape index (κ3) is 3.79. The second-order valence-corrected chi connectivity index (χ2v) is 5.39. The molecular weight excluding hydrogens is 300 g/mol. The summed E-state index contributed by atoms with van der Waals surface area (Å²) >= 11 is 0. The molecule has 0 aliphatic heterocycles. The van der Waals surface area contributed by atoms with E-state index in [1.807, 2.05) is 49.4 Å². The number of carbonyl (C=O) groups excluding carboxylic acids is 1. The Hall–Kier alpha value is -3.14. The molecule has 0 aliphatic rings. The number of benzene rings is 2. The number of nitrogens with one attached hydrogen (secondary N) is 1. The van der Waals surface area contributed by atoms with E-state index in [9.17, 15) is 4.79 Å². The molecule has 120 valence electrons. The van der Waals surface area contributed by atoms with Gasteiger partial charge >= 0.3 is 0 Å². The number of amides is 1. The van der Waals surface area contributed by atoms with Gasteiger partial charge in [0, 0.05) is 11.8 Å². The van der Waals surface area contributed by atoms with Gasteiger partial charge < -0.3 is 10.1 Å². The number of carbonyl (C=O) groups is 1. The molecule has 0 spiro atoms. The number of rotatable bonds is 5. The molecule has 1 heterocycles. The van der Waals surface area contributed by atoms with Crippen molar-refractivity contribution in [2.75, 3.05) is 5.32 Å². The largest absolute Gasteiger partial charge is 0.471 e. The summed E-state index contributed by atoms with van der Waals surface area (Å²) in [6, 6.07) is 20.6. The molecule has 1 aromatic heterocycles. The number of anilines is 1. The van der Waals surface area contributed by atoms with E-state index in [-0.39, 0.29) is 5.91 Å². The molecule has 4 heteroatoms. The van der Waals surface area contributed by atoms with Gasteiger partial charge in [-0.1, -0.05) is 42.5 Å².